The molecule has 3 fully saturated rings. The summed E-state index contributed by atoms with van der Waals surface area (Å²) >= 11 is 0. The van der Waals surface area contributed by atoms with Crippen LogP contribution in [0.3, 0.4) is 0 Å². The van der Waals surface area contributed by atoms with E-state index in [2.05, 4.69) is 5.32 Å². The smallest absolute Gasteiger partial charge is 0.277 e. The number of barbiturate groups is 1. The van der Waals surface area contributed by atoms with Gasteiger partial charge in [0.25, 0.3) is 0 Å². The Morgan fingerprint density at radius 1 is 1.20 bits per heavy atom. The van der Waals surface area contributed by atoms with Gasteiger partial charge in [-0.2, -0.15) is 0 Å². The minimum atomic E-state index is -0.872. The molecule has 3 aliphatic rings. The van der Waals surface area contributed by atoms with Gasteiger partial charge in [0.1, 0.15) is 5.41 Å². The highest BCUT2D eigenvalue weighted by atomic mass is 16.2. The fourth-order valence-corrected chi connectivity index (χ4v) is 2.24. The first kappa shape index (κ1) is 8.88. The minimum Gasteiger partial charge on any atom is -0.277 e. The number of carbonyl (C=O) groups is 3. The molecule has 1 spiro atoms. The van der Waals surface area contributed by atoms with E-state index in [9.17, 15) is 14.4 Å². The maximum Gasteiger partial charge on any atom is 0.331 e. The predicted molar refractivity (Wildman–Crippen MR) is 49.7 cm³/mol. The van der Waals surface area contributed by atoms with Gasteiger partial charge in [-0.05, 0) is 32.1 Å². The molecule has 0 aromatic heterocycles. The second-order valence-electron chi connectivity index (χ2n) is 4.60. The maximum absolute atomic E-state index is 12.0. The average molecular weight is 208 g/mol. The van der Waals surface area contributed by atoms with Crippen molar-refractivity contribution in [3.8, 4) is 0 Å². The predicted octanol–water partition coefficient (Wildman–Crippen LogP) is 0.397. The summed E-state index contributed by atoms with van der Waals surface area (Å²) in [6.07, 6.45) is 4.00. The number of urea groups is 1. The monoisotopic (exact) mass is 208 g/mol. The van der Waals surface area contributed by atoms with E-state index < -0.39 is 17.4 Å². The highest BCUT2D eigenvalue weighted by molar-refractivity contribution is 6.21. The van der Waals surface area contributed by atoms with E-state index in [0.717, 1.165) is 19.3 Å². The van der Waals surface area contributed by atoms with E-state index in [1.165, 1.54) is 4.90 Å². The molecule has 0 radical (unpaired) electrons. The number of hydrogen-bond acceptors (Lipinski definition) is 3. The molecule has 15 heavy (non-hydrogen) atoms. The lowest BCUT2D eigenvalue weighted by atomic mass is 9.89. The highest BCUT2D eigenvalue weighted by Gasteiger charge is 2.63. The number of amides is 4. The lowest BCUT2D eigenvalue weighted by molar-refractivity contribution is -0.147. The Bertz CT molecular complexity index is 369. The number of imide groups is 2. The second-order valence-corrected chi connectivity index (χ2v) is 4.60. The SMILES string of the molecule is O=C1NC(=O)C2(CC2)C(=O)N1C1CCC1. The molecule has 0 bridgehead atoms. The third kappa shape index (κ3) is 1.00. The summed E-state index contributed by atoms with van der Waals surface area (Å²) in [6, 6.07) is -0.490. The van der Waals surface area contributed by atoms with Gasteiger partial charge >= 0.3 is 6.03 Å². The molecule has 0 aromatic carbocycles. The molecule has 4 amide bonds. The van der Waals surface area contributed by atoms with Crippen molar-refractivity contribution < 1.29 is 14.4 Å². The third-order valence-corrected chi connectivity index (χ3v) is 3.69. The molecule has 2 aliphatic carbocycles. The van der Waals surface area contributed by atoms with Crippen molar-refractivity contribution in [2.45, 2.75) is 38.1 Å². The molecule has 2 saturated carbocycles. The topological polar surface area (TPSA) is 66.5 Å². The quantitative estimate of drug-likeness (QED) is 0.634. The van der Waals surface area contributed by atoms with Crippen LogP contribution in [0.25, 0.3) is 0 Å². The van der Waals surface area contributed by atoms with Gasteiger partial charge in [-0.25, -0.2) is 4.79 Å². The van der Waals surface area contributed by atoms with Gasteiger partial charge in [0.2, 0.25) is 11.8 Å². The normalized spacial score (nSPS) is 29.1. The van der Waals surface area contributed by atoms with Crippen LogP contribution in [0, 0.1) is 5.41 Å². The fraction of sp³-hybridized carbons (Fsp3) is 0.700. The van der Waals surface area contributed by atoms with Gasteiger partial charge in [0, 0.05) is 6.04 Å². The van der Waals surface area contributed by atoms with Crippen LogP contribution in [-0.2, 0) is 9.59 Å². The molecule has 1 aliphatic heterocycles. The van der Waals surface area contributed by atoms with Gasteiger partial charge in [0.15, 0.2) is 0 Å². The van der Waals surface area contributed by atoms with Crippen LogP contribution in [0.4, 0.5) is 4.79 Å². The van der Waals surface area contributed by atoms with Crippen LogP contribution in [0.15, 0.2) is 0 Å². The zero-order chi connectivity index (χ0) is 10.6. The van der Waals surface area contributed by atoms with Gasteiger partial charge in [-0.1, -0.05) is 0 Å². The molecule has 5 heteroatoms. The molecule has 1 heterocycles. The van der Waals surface area contributed by atoms with Crippen LogP contribution in [-0.4, -0.2) is 28.8 Å². The first-order valence-electron chi connectivity index (χ1n) is 5.34. The molecule has 1 saturated heterocycles. The Morgan fingerprint density at radius 3 is 2.33 bits per heavy atom. The third-order valence-electron chi connectivity index (χ3n) is 3.69. The van der Waals surface area contributed by atoms with Gasteiger partial charge in [-0.15, -0.1) is 0 Å². The molecule has 3 rings (SSSR count). The van der Waals surface area contributed by atoms with Gasteiger partial charge in [0.05, 0.1) is 0 Å². The van der Waals surface area contributed by atoms with Crippen molar-refractivity contribution in [2.24, 2.45) is 5.41 Å². The molecule has 1 N–H and O–H groups in total. The van der Waals surface area contributed by atoms with Crippen LogP contribution >= 0.6 is 0 Å². The number of carbonyl (C=O) groups excluding carboxylic acids is 3. The van der Waals surface area contributed by atoms with Gasteiger partial charge in [-0.3, -0.25) is 19.8 Å². The first-order chi connectivity index (χ1) is 7.15. The molecule has 80 valence electrons. The van der Waals surface area contributed by atoms with E-state index in [0.29, 0.717) is 12.8 Å². The standard InChI is InChI=1S/C10H12N2O3/c13-7-10(4-5-10)8(14)12(9(15)11-7)6-2-1-3-6/h6H,1-5H2,(H,11,13,15). The van der Waals surface area contributed by atoms with Crippen molar-refractivity contribution in [3.05, 3.63) is 0 Å². The van der Waals surface area contributed by atoms with Crippen LogP contribution in [0.1, 0.15) is 32.1 Å². The molecular formula is C10H12N2O3. The summed E-state index contributed by atoms with van der Waals surface area (Å²) in [7, 11) is 0. The molecule has 0 unspecified atom stereocenters. The zero-order valence-corrected chi connectivity index (χ0v) is 8.28. The maximum atomic E-state index is 12.0. The van der Waals surface area contributed by atoms with E-state index >= 15 is 0 Å². The summed E-state index contributed by atoms with van der Waals surface area (Å²) in [4.78, 5) is 36.3. The van der Waals surface area contributed by atoms with Crippen molar-refractivity contribution in [1.82, 2.24) is 10.2 Å². The van der Waals surface area contributed by atoms with Gasteiger partial charge < -0.3 is 0 Å². The lowest BCUT2D eigenvalue weighted by Crippen LogP contribution is -2.63. The fourth-order valence-electron chi connectivity index (χ4n) is 2.24. The summed E-state index contributed by atoms with van der Waals surface area (Å²) in [5, 5.41) is 2.29. The summed E-state index contributed by atoms with van der Waals surface area (Å²) in [5.74, 6) is -0.658. The molecule has 5 nitrogen and oxygen atoms in total. The van der Waals surface area contributed by atoms with E-state index in [1.54, 1.807) is 0 Å². The zero-order valence-electron chi connectivity index (χ0n) is 8.28. The Morgan fingerprint density at radius 2 is 1.87 bits per heavy atom. The van der Waals surface area contributed by atoms with Crippen molar-refractivity contribution in [3.63, 3.8) is 0 Å². The van der Waals surface area contributed by atoms with E-state index in [-0.39, 0.29) is 11.9 Å². The Labute approximate surface area is 86.8 Å². The highest BCUT2D eigenvalue weighted by Crippen LogP contribution is 2.50. The Kier molecular flexibility index (Phi) is 1.53. The summed E-state index contributed by atoms with van der Waals surface area (Å²) in [6.45, 7) is 0. The van der Waals surface area contributed by atoms with E-state index in [1.807, 2.05) is 0 Å². The Hall–Kier alpha value is -1.39. The summed E-state index contributed by atoms with van der Waals surface area (Å²) < 4.78 is 0. The summed E-state index contributed by atoms with van der Waals surface area (Å²) in [5.41, 5.74) is -0.872. The second kappa shape index (κ2) is 2.59. The van der Waals surface area contributed by atoms with Crippen LogP contribution in [0.2, 0.25) is 0 Å². The van der Waals surface area contributed by atoms with Crippen LogP contribution in [0.5, 0.6) is 0 Å². The number of rotatable bonds is 1. The first-order valence-corrected chi connectivity index (χ1v) is 5.34. The Balaban J connectivity index is 1.90. The number of nitrogens with one attached hydrogen (secondary N) is 1. The van der Waals surface area contributed by atoms with E-state index in [4.69, 9.17) is 0 Å². The molecule has 0 aromatic rings. The molecule has 0 atom stereocenters. The lowest BCUT2D eigenvalue weighted by Gasteiger charge is -2.40. The van der Waals surface area contributed by atoms with Crippen LogP contribution < -0.4 is 5.32 Å². The largest absolute Gasteiger partial charge is 0.331 e. The number of hydrogen-bond donors (Lipinski definition) is 1. The average Bonchev–Trinajstić information content (AvgIpc) is 2.87. The van der Waals surface area contributed by atoms with Crippen molar-refractivity contribution in [1.29, 1.82) is 0 Å². The number of nitrogens with zero attached hydrogens (tertiary/aromatic N) is 1. The molecular weight excluding hydrogens is 196 g/mol. The van der Waals surface area contributed by atoms with Crippen molar-refractivity contribution in [2.75, 3.05) is 0 Å². The van der Waals surface area contributed by atoms with Crippen molar-refractivity contribution >= 4 is 17.8 Å². The minimum absolute atomic E-state index is 0.0306.